The quantitative estimate of drug-likeness (QED) is 0.515. The minimum Gasteiger partial charge on any atom is -0.392 e. The first-order chi connectivity index (χ1) is 11.7. The molecule has 25 heavy (non-hydrogen) atoms. The molecule has 0 bridgehead atoms. The second-order valence-electron chi connectivity index (χ2n) is 7.94. The molecule has 1 fully saturated rings. The summed E-state index contributed by atoms with van der Waals surface area (Å²) in [5, 5.41) is 19.5. The van der Waals surface area contributed by atoms with Crippen molar-refractivity contribution < 1.29 is 19.7 Å². The van der Waals surface area contributed by atoms with Gasteiger partial charge in [-0.15, -0.1) is 0 Å². The van der Waals surface area contributed by atoms with Gasteiger partial charge < -0.3 is 14.9 Å². The third-order valence-corrected chi connectivity index (χ3v) is 5.49. The van der Waals surface area contributed by atoms with Crippen LogP contribution in [0.1, 0.15) is 66.7 Å². The Bertz CT molecular complexity index is 492. The van der Waals surface area contributed by atoms with E-state index < -0.39 is 11.7 Å². The van der Waals surface area contributed by atoms with Gasteiger partial charge in [0.15, 0.2) is 5.78 Å². The van der Waals surface area contributed by atoms with Gasteiger partial charge in [-0.2, -0.15) is 0 Å². The van der Waals surface area contributed by atoms with E-state index in [1.165, 1.54) is 0 Å². The molecule has 0 amide bonds. The summed E-state index contributed by atoms with van der Waals surface area (Å²) in [6, 6.07) is 0. The zero-order chi connectivity index (χ0) is 19.0. The number of aliphatic hydroxyl groups is 2. The Morgan fingerprint density at radius 1 is 1.40 bits per heavy atom. The number of carbonyl (C=O) groups excluding carboxylic acids is 1. The van der Waals surface area contributed by atoms with Crippen molar-refractivity contribution in [1.82, 2.24) is 0 Å². The molecule has 0 saturated carbocycles. The predicted octanol–water partition coefficient (Wildman–Crippen LogP) is 3.81. The fourth-order valence-corrected chi connectivity index (χ4v) is 3.02. The van der Waals surface area contributed by atoms with E-state index in [0.717, 1.165) is 36.8 Å². The lowest BCUT2D eigenvalue weighted by Gasteiger charge is -2.33. The molecule has 1 aliphatic rings. The van der Waals surface area contributed by atoms with Crippen LogP contribution in [0.3, 0.4) is 0 Å². The van der Waals surface area contributed by atoms with E-state index in [2.05, 4.69) is 13.8 Å². The number of aliphatic hydroxyl groups excluding tert-OH is 2. The molecular formula is C21H36O4. The van der Waals surface area contributed by atoms with E-state index in [1.54, 1.807) is 12.2 Å². The van der Waals surface area contributed by atoms with Crippen molar-refractivity contribution in [3.05, 3.63) is 23.3 Å². The van der Waals surface area contributed by atoms with Crippen molar-refractivity contribution in [2.45, 2.75) is 78.4 Å². The third-order valence-electron chi connectivity index (χ3n) is 5.49. The lowest BCUT2D eigenvalue weighted by molar-refractivity contribution is -0.118. The van der Waals surface area contributed by atoms with Crippen LogP contribution in [0.25, 0.3) is 0 Å². The van der Waals surface area contributed by atoms with Crippen LogP contribution in [0.2, 0.25) is 0 Å². The van der Waals surface area contributed by atoms with Gasteiger partial charge in [0.1, 0.15) is 0 Å². The topological polar surface area (TPSA) is 66.8 Å². The number of carbonyl (C=O) groups is 1. The van der Waals surface area contributed by atoms with E-state index in [0.29, 0.717) is 18.9 Å². The zero-order valence-corrected chi connectivity index (χ0v) is 16.5. The summed E-state index contributed by atoms with van der Waals surface area (Å²) in [4.78, 5) is 12.3. The predicted molar refractivity (Wildman–Crippen MR) is 101 cm³/mol. The fourth-order valence-electron chi connectivity index (χ4n) is 3.02. The van der Waals surface area contributed by atoms with Crippen LogP contribution in [0.4, 0.5) is 0 Å². The molecule has 1 rings (SSSR count). The molecule has 3 atom stereocenters. The van der Waals surface area contributed by atoms with Crippen molar-refractivity contribution in [2.24, 2.45) is 11.8 Å². The van der Waals surface area contributed by atoms with E-state index in [9.17, 15) is 9.90 Å². The van der Waals surface area contributed by atoms with Crippen molar-refractivity contribution >= 4 is 5.78 Å². The number of hydrogen-bond donors (Lipinski definition) is 2. The first-order valence-electron chi connectivity index (χ1n) is 9.52. The van der Waals surface area contributed by atoms with E-state index in [1.807, 2.05) is 20.8 Å². The first kappa shape index (κ1) is 22.1. The van der Waals surface area contributed by atoms with Crippen LogP contribution in [0.5, 0.6) is 0 Å². The average Bonchev–Trinajstić information content (AvgIpc) is 2.69. The van der Waals surface area contributed by atoms with Gasteiger partial charge in [0.25, 0.3) is 0 Å². The lowest BCUT2D eigenvalue weighted by atomic mass is 9.87. The van der Waals surface area contributed by atoms with Crippen molar-refractivity contribution in [1.29, 1.82) is 0 Å². The standard InChI is InChI=1S/C21H36O4/c1-15(2)17(4)13-19(23)16(3)7-6-11-21(5)20(24)9-8-18(10-12-22)14-25-21/h10,13,15-16,20,22,24H,6-9,11-12,14H2,1-5H3. The Hall–Kier alpha value is -0.970. The number of ketones is 1. The molecule has 1 saturated heterocycles. The highest BCUT2D eigenvalue weighted by Crippen LogP contribution is 2.31. The summed E-state index contributed by atoms with van der Waals surface area (Å²) < 4.78 is 5.98. The van der Waals surface area contributed by atoms with Gasteiger partial charge in [-0.25, -0.2) is 0 Å². The van der Waals surface area contributed by atoms with E-state index in [-0.39, 0.29) is 18.3 Å². The molecule has 2 N–H and O–H groups in total. The molecule has 0 aromatic rings. The van der Waals surface area contributed by atoms with Gasteiger partial charge in [0, 0.05) is 5.92 Å². The largest absolute Gasteiger partial charge is 0.392 e. The Balaban J connectivity index is 2.54. The average molecular weight is 353 g/mol. The fraction of sp³-hybridized carbons (Fsp3) is 0.762. The molecule has 3 unspecified atom stereocenters. The Morgan fingerprint density at radius 2 is 2.08 bits per heavy atom. The smallest absolute Gasteiger partial charge is 0.158 e. The molecule has 4 nitrogen and oxygen atoms in total. The number of rotatable bonds is 8. The van der Waals surface area contributed by atoms with Crippen LogP contribution >= 0.6 is 0 Å². The van der Waals surface area contributed by atoms with Crippen LogP contribution in [0, 0.1) is 11.8 Å². The highest BCUT2D eigenvalue weighted by atomic mass is 16.5. The molecule has 0 aliphatic carbocycles. The molecule has 0 spiro atoms. The van der Waals surface area contributed by atoms with Crippen molar-refractivity contribution in [3.63, 3.8) is 0 Å². The van der Waals surface area contributed by atoms with Gasteiger partial charge in [-0.05, 0) is 63.5 Å². The monoisotopic (exact) mass is 352 g/mol. The summed E-state index contributed by atoms with van der Waals surface area (Å²) in [5.41, 5.74) is 1.58. The molecule has 0 radical (unpaired) electrons. The minimum absolute atomic E-state index is 0.00837. The van der Waals surface area contributed by atoms with Crippen molar-refractivity contribution in [3.8, 4) is 0 Å². The van der Waals surface area contributed by atoms with Crippen LogP contribution < -0.4 is 0 Å². The van der Waals surface area contributed by atoms with Crippen LogP contribution in [-0.2, 0) is 9.53 Å². The maximum atomic E-state index is 12.3. The summed E-state index contributed by atoms with van der Waals surface area (Å²) >= 11 is 0. The zero-order valence-electron chi connectivity index (χ0n) is 16.5. The van der Waals surface area contributed by atoms with Crippen LogP contribution in [-0.4, -0.2) is 40.9 Å². The molecule has 0 aromatic carbocycles. The van der Waals surface area contributed by atoms with Gasteiger partial charge >= 0.3 is 0 Å². The van der Waals surface area contributed by atoms with Gasteiger partial charge in [-0.1, -0.05) is 32.4 Å². The van der Waals surface area contributed by atoms with Gasteiger partial charge in [0.05, 0.1) is 24.9 Å². The molecule has 1 heterocycles. The van der Waals surface area contributed by atoms with Crippen LogP contribution in [0.15, 0.2) is 23.3 Å². The van der Waals surface area contributed by atoms with E-state index in [4.69, 9.17) is 9.84 Å². The molecule has 4 heteroatoms. The summed E-state index contributed by atoms with van der Waals surface area (Å²) in [6.07, 6.45) is 6.79. The van der Waals surface area contributed by atoms with E-state index >= 15 is 0 Å². The molecular weight excluding hydrogens is 316 g/mol. The Morgan fingerprint density at radius 3 is 2.68 bits per heavy atom. The second-order valence-corrected chi connectivity index (χ2v) is 7.94. The minimum atomic E-state index is -0.586. The third kappa shape index (κ3) is 7.04. The summed E-state index contributed by atoms with van der Waals surface area (Å²) in [6.45, 7) is 10.6. The number of hydrogen-bond acceptors (Lipinski definition) is 4. The molecule has 144 valence electrons. The molecule has 1 aliphatic heterocycles. The second kappa shape index (κ2) is 10.2. The number of allylic oxidation sites excluding steroid dienone is 2. The Kier molecular flexibility index (Phi) is 9.04. The first-order valence-corrected chi connectivity index (χ1v) is 9.52. The SMILES string of the molecule is CC(=CC(=O)C(C)CCCC1(C)OCC(=CCO)CCC1O)C(C)C. The molecule has 0 aromatic heterocycles. The lowest BCUT2D eigenvalue weighted by Crippen LogP contribution is -2.41. The number of ether oxygens (including phenoxy) is 1. The highest BCUT2D eigenvalue weighted by molar-refractivity contribution is 5.92. The summed E-state index contributed by atoms with van der Waals surface area (Å²) in [7, 11) is 0. The highest BCUT2D eigenvalue weighted by Gasteiger charge is 2.36. The Labute approximate surface area is 153 Å². The maximum absolute atomic E-state index is 12.3. The summed E-state index contributed by atoms with van der Waals surface area (Å²) in [5.74, 6) is 0.572. The maximum Gasteiger partial charge on any atom is 0.158 e. The van der Waals surface area contributed by atoms with Gasteiger partial charge in [0.2, 0.25) is 0 Å². The van der Waals surface area contributed by atoms with Crippen molar-refractivity contribution in [2.75, 3.05) is 13.2 Å². The van der Waals surface area contributed by atoms with Gasteiger partial charge in [-0.3, -0.25) is 4.79 Å². The normalized spacial score (nSPS) is 28.2.